The number of hydrogen-bond donors (Lipinski definition) is 3. The van der Waals surface area contributed by atoms with E-state index in [9.17, 15) is 14.4 Å². The van der Waals surface area contributed by atoms with Gasteiger partial charge in [-0.15, -0.1) is 0 Å². The SMILES string of the molecule is CC(C)c1nccn1CCCNC(=O)C[C@@H]1NC(=O)NC1=O. The minimum Gasteiger partial charge on any atom is -0.356 e. The van der Waals surface area contributed by atoms with E-state index in [-0.39, 0.29) is 12.3 Å². The van der Waals surface area contributed by atoms with Crippen LogP contribution in [0.3, 0.4) is 0 Å². The Balaban J connectivity index is 1.68. The van der Waals surface area contributed by atoms with E-state index >= 15 is 0 Å². The molecule has 22 heavy (non-hydrogen) atoms. The highest BCUT2D eigenvalue weighted by atomic mass is 16.2. The van der Waals surface area contributed by atoms with Crippen molar-refractivity contribution < 1.29 is 14.4 Å². The van der Waals surface area contributed by atoms with Gasteiger partial charge in [-0.1, -0.05) is 13.8 Å². The number of nitrogens with one attached hydrogen (secondary N) is 3. The van der Waals surface area contributed by atoms with Gasteiger partial charge in [-0.25, -0.2) is 9.78 Å². The third-order valence-corrected chi connectivity index (χ3v) is 3.41. The fourth-order valence-electron chi connectivity index (χ4n) is 2.35. The largest absolute Gasteiger partial charge is 0.356 e. The Kier molecular flexibility index (Phi) is 5.13. The highest BCUT2D eigenvalue weighted by Crippen LogP contribution is 2.11. The zero-order chi connectivity index (χ0) is 16.1. The Bertz CT molecular complexity index is 567. The summed E-state index contributed by atoms with van der Waals surface area (Å²) in [6.45, 7) is 5.45. The Hall–Kier alpha value is -2.38. The second kappa shape index (κ2) is 7.06. The van der Waals surface area contributed by atoms with Gasteiger partial charge in [0.1, 0.15) is 11.9 Å². The zero-order valence-electron chi connectivity index (χ0n) is 12.8. The van der Waals surface area contributed by atoms with Crippen LogP contribution in [0.25, 0.3) is 0 Å². The number of imidazole rings is 1. The van der Waals surface area contributed by atoms with E-state index < -0.39 is 18.0 Å². The van der Waals surface area contributed by atoms with Gasteiger partial charge in [-0.05, 0) is 6.42 Å². The first-order valence-electron chi connectivity index (χ1n) is 7.36. The minimum absolute atomic E-state index is 0.0418. The van der Waals surface area contributed by atoms with Gasteiger partial charge in [0.2, 0.25) is 5.91 Å². The fourth-order valence-corrected chi connectivity index (χ4v) is 2.35. The lowest BCUT2D eigenvalue weighted by molar-refractivity contribution is -0.126. The molecular weight excluding hydrogens is 286 g/mol. The lowest BCUT2D eigenvalue weighted by Crippen LogP contribution is -2.36. The minimum atomic E-state index is -0.770. The molecule has 2 rings (SSSR count). The predicted molar refractivity (Wildman–Crippen MR) is 79.0 cm³/mol. The average Bonchev–Trinajstić information content (AvgIpc) is 3.02. The van der Waals surface area contributed by atoms with Crippen LogP contribution in [0.15, 0.2) is 12.4 Å². The Labute approximate surface area is 128 Å². The first-order chi connectivity index (χ1) is 10.5. The topological polar surface area (TPSA) is 105 Å². The van der Waals surface area contributed by atoms with Gasteiger partial charge in [0, 0.05) is 31.4 Å². The highest BCUT2D eigenvalue weighted by molar-refractivity contribution is 6.05. The maximum Gasteiger partial charge on any atom is 0.322 e. The summed E-state index contributed by atoms with van der Waals surface area (Å²) < 4.78 is 2.07. The van der Waals surface area contributed by atoms with Crippen LogP contribution >= 0.6 is 0 Å². The smallest absolute Gasteiger partial charge is 0.322 e. The molecule has 0 radical (unpaired) electrons. The van der Waals surface area contributed by atoms with Gasteiger partial charge in [0.05, 0.1) is 6.42 Å². The van der Waals surface area contributed by atoms with Crippen LogP contribution in [0.2, 0.25) is 0 Å². The molecule has 0 bridgehead atoms. The molecule has 0 unspecified atom stereocenters. The number of rotatable bonds is 7. The molecule has 1 aromatic heterocycles. The highest BCUT2D eigenvalue weighted by Gasteiger charge is 2.30. The van der Waals surface area contributed by atoms with Gasteiger partial charge in [0.15, 0.2) is 0 Å². The molecule has 0 spiro atoms. The maximum absolute atomic E-state index is 11.7. The van der Waals surface area contributed by atoms with E-state index in [0.29, 0.717) is 12.5 Å². The first kappa shape index (κ1) is 16.0. The van der Waals surface area contributed by atoms with Crippen LogP contribution in [0.5, 0.6) is 0 Å². The van der Waals surface area contributed by atoms with Gasteiger partial charge in [-0.3, -0.25) is 14.9 Å². The molecule has 0 aliphatic carbocycles. The van der Waals surface area contributed by atoms with Crippen molar-refractivity contribution in [3.8, 4) is 0 Å². The van der Waals surface area contributed by atoms with Gasteiger partial charge in [-0.2, -0.15) is 0 Å². The Morgan fingerprint density at radius 1 is 1.45 bits per heavy atom. The molecule has 1 aliphatic heterocycles. The number of nitrogens with zero attached hydrogens (tertiary/aromatic N) is 2. The molecule has 120 valence electrons. The molecule has 0 saturated carbocycles. The quantitative estimate of drug-likeness (QED) is 0.491. The van der Waals surface area contributed by atoms with E-state index in [0.717, 1.165) is 18.8 Å². The summed E-state index contributed by atoms with van der Waals surface area (Å²) >= 11 is 0. The summed E-state index contributed by atoms with van der Waals surface area (Å²) in [5, 5.41) is 7.24. The molecule has 3 N–H and O–H groups in total. The number of urea groups is 1. The molecule has 4 amide bonds. The fraction of sp³-hybridized carbons (Fsp3) is 0.571. The van der Waals surface area contributed by atoms with Crippen molar-refractivity contribution in [1.82, 2.24) is 25.5 Å². The summed E-state index contributed by atoms with van der Waals surface area (Å²) in [4.78, 5) is 38.3. The van der Waals surface area contributed by atoms with Crippen molar-refractivity contribution in [3.05, 3.63) is 18.2 Å². The lowest BCUT2D eigenvalue weighted by Gasteiger charge is -2.11. The van der Waals surface area contributed by atoms with Crippen molar-refractivity contribution in [2.75, 3.05) is 6.54 Å². The maximum atomic E-state index is 11.7. The monoisotopic (exact) mass is 307 g/mol. The second-order valence-electron chi connectivity index (χ2n) is 5.56. The van der Waals surface area contributed by atoms with Crippen LogP contribution in [0.1, 0.15) is 38.4 Å². The second-order valence-corrected chi connectivity index (χ2v) is 5.56. The molecule has 0 aromatic carbocycles. The van der Waals surface area contributed by atoms with Gasteiger partial charge >= 0.3 is 6.03 Å². The van der Waals surface area contributed by atoms with Crippen LogP contribution < -0.4 is 16.0 Å². The van der Waals surface area contributed by atoms with E-state index in [2.05, 4.69) is 39.3 Å². The summed E-state index contributed by atoms with van der Waals surface area (Å²) in [7, 11) is 0. The van der Waals surface area contributed by atoms with Crippen LogP contribution in [0.4, 0.5) is 4.79 Å². The molecule has 1 atom stereocenters. The van der Waals surface area contributed by atoms with Gasteiger partial charge < -0.3 is 15.2 Å². The summed E-state index contributed by atoms with van der Waals surface area (Å²) in [5.41, 5.74) is 0. The van der Waals surface area contributed by atoms with Crippen molar-refractivity contribution in [2.45, 2.75) is 45.2 Å². The van der Waals surface area contributed by atoms with E-state index in [1.807, 2.05) is 6.20 Å². The first-order valence-corrected chi connectivity index (χ1v) is 7.36. The van der Waals surface area contributed by atoms with Gasteiger partial charge in [0.25, 0.3) is 5.91 Å². The molecule has 8 heteroatoms. The molecular formula is C14H21N5O3. The number of carbonyl (C=O) groups excluding carboxylic acids is 3. The van der Waals surface area contributed by atoms with Crippen molar-refractivity contribution in [1.29, 1.82) is 0 Å². The third-order valence-electron chi connectivity index (χ3n) is 3.41. The molecule has 2 heterocycles. The van der Waals surface area contributed by atoms with E-state index in [1.165, 1.54) is 0 Å². The Morgan fingerprint density at radius 3 is 2.86 bits per heavy atom. The number of aromatic nitrogens is 2. The van der Waals surface area contributed by atoms with Crippen LogP contribution in [0, 0.1) is 0 Å². The predicted octanol–water partition coefficient (Wildman–Crippen LogP) is 0.111. The third kappa shape index (κ3) is 4.06. The number of carbonyl (C=O) groups is 3. The van der Waals surface area contributed by atoms with Crippen molar-refractivity contribution in [2.24, 2.45) is 0 Å². The number of hydrogen-bond acceptors (Lipinski definition) is 4. The molecule has 1 saturated heterocycles. The van der Waals surface area contributed by atoms with Crippen LogP contribution in [-0.2, 0) is 16.1 Å². The average molecular weight is 307 g/mol. The molecule has 1 fully saturated rings. The number of imide groups is 1. The van der Waals surface area contributed by atoms with E-state index in [4.69, 9.17) is 0 Å². The molecule has 1 aliphatic rings. The summed E-state index contributed by atoms with van der Waals surface area (Å²) in [6, 6.07) is -1.32. The number of amides is 4. The Morgan fingerprint density at radius 2 is 2.23 bits per heavy atom. The van der Waals surface area contributed by atoms with E-state index in [1.54, 1.807) is 6.20 Å². The zero-order valence-corrected chi connectivity index (χ0v) is 12.8. The van der Waals surface area contributed by atoms with Crippen molar-refractivity contribution >= 4 is 17.8 Å². The molecule has 1 aromatic rings. The normalized spacial score (nSPS) is 17.5. The van der Waals surface area contributed by atoms with Crippen molar-refractivity contribution in [3.63, 3.8) is 0 Å². The summed E-state index contributed by atoms with van der Waals surface area (Å²) in [5.74, 6) is 0.669. The standard InChI is InChI=1S/C14H21N5O3/c1-9(2)12-16-5-7-19(12)6-3-4-15-11(20)8-10-13(21)18-14(22)17-10/h5,7,9-10H,3-4,6,8H2,1-2H3,(H,15,20)(H2,17,18,21,22)/t10-/m0/s1. The van der Waals surface area contributed by atoms with Crippen LogP contribution in [-0.4, -0.2) is 40.0 Å². The lowest BCUT2D eigenvalue weighted by atomic mass is 10.2. The number of aryl methyl sites for hydroxylation is 1. The molecule has 8 nitrogen and oxygen atoms in total. The summed E-state index contributed by atoms with van der Waals surface area (Å²) in [6.07, 6.45) is 4.43.